The molecule has 4 heavy (non-hydrogen) atoms. The van der Waals surface area contributed by atoms with E-state index in [9.17, 15) is 0 Å². The Hall–Kier alpha value is 0.302. The number of carbonyl (C=O) groups excluding carboxylic acids is 2. The summed E-state index contributed by atoms with van der Waals surface area (Å²) in [6.07, 6.45) is 0.250. The molecule has 0 aromatic heterocycles. The van der Waals surface area contributed by atoms with Gasteiger partial charge in [-0.25, -0.2) is 0 Å². The molecule has 0 fully saturated rings. The van der Waals surface area contributed by atoms with E-state index in [2.05, 4.69) is 0 Å². The molecule has 0 aliphatic heterocycles. The van der Waals surface area contributed by atoms with E-state index in [1.165, 1.54) is 0 Å². The molecule has 0 saturated carbocycles. The Morgan fingerprint density at radius 2 is 1.25 bits per heavy atom. The summed E-state index contributed by atoms with van der Waals surface area (Å²) >= 11 is 0. The zero-order valence-corrected chi connectivity index (χ0v) is 5.70. The van der Waals surface area contributed by atoms with Crippen LogP contribution in [-0.2, 0) is 9.59 Å². The smallest absolute Gasteiger partial charge is 0.186 e. The van der Waals surface area contributed by atoms with Crippen LogP contribution in [0.25, 0.3) is 0 Å². The van der Waals surface area contributed by atoms with Crippen molar-refractivity contribution in [2.45, 2.75) is 0 Å². The van der Waals surface area contributed by atoms with Crippen LogP contribution in [-0.4, -0.2) is 33.5 Å². The first-order valence-electron chi connectivity index (χ1n) is 0.408. The Morgan fingerprint density at radius 3 is 1.25 bits per heavy atom. The molecule has 0 bridgehead atoms. The van der Waals surface area contributed by atoms with Crippen molar-refractivity contribution in [3.8, 4) is 0 Å². The molecule has 3 heteroatoms. The van der Waals surface area contributed by atoms with Gasteiger partial charge in [-0.05, 0) is 0 Å². The molecule has 20 valence electrons. The van der Waals surface area contributed by atoms with E-state index in [-0.39, 0.29) is 33.5 Å². The molecule has 0 aliphatic rings. The first kappa shape index (κ1) is 8.85. The molecule has 0 aromatic carbocycles. The minimum atomic E-state index is 0. The molecule has 0 aromatic rings. The fraction of sp³-hybridized carbons (Fsp3) is 0. The van der Waals surface area contributed by atoms with Crippen LogP contribution in [0.1, 0.15) is 0 Å². The molecule has 0 unspecified atom stereocenters. The predicted octanol–water partition coefficient (Wildman–Crippen LogP) is -0.964. The summed E-state index contributed by atoms with van der Waals surface area (Å²) in [5.74, 6) is 0. The largest absolute Gasteiger partial charge is 0.373 e. The molecule has 4 radical (unpaired) electrons. The summed E-state index contributed by atoms with van der Waals surface area (Å²) in [4.78, 5) is 16.2. The standard InChI is InChI=1S/CO2.Pb/c2-1-3;. The number of hydrogen-bond donors (Lipinski definition) is 0. The van der Waals surface area contributed by atoms with E-state index in [4.69, 9.17) is 9.59 Å². The fourth-order valence-corrected chi connectivity index (χ4v) is 0. The van der Waals surface area contributed by atoms with Gasteiger partial charge < -0.3 is 0 Å². The number of hydrogen-bond acceptors (Lipinski definition) is 2. The normalized spacial score (nSPS) is 2.00. The van der Waals surface area contributed by atoms with Gasteiger partial charge in [0.2, 0.25) is 0 Å². The number of rotatable bonds is 0. The van der Waals surface area contributed by atoms with Crippen molar-refractivity contribution in [1.82, 2.24) is 0 Å². The summed E-state index contributed by atoms with van der Waals surface area (Å²) in [7, 11) is 0. The van der Waals surface area contributed by atoms with Gasteiger partial charge in [-0.1, -0.05) is 0 Å². The quantitative estimate of drug-likeness (QED) is 0.519. The van der Waals surface area contributed by atoms with Gasteiger partial charge in [0, 0.05) is 27.3 Å². The Balaban J connectivity index is 0. The molecule has 0 heterocycles. The Kier molecular flexibility index (Phi) is 22.8. The van der Waals surface area contributed by atoms with Crippen LogP contribution in [0.15, 0.2) is 0 Å². The SMILES string of the molecule is O=C=O.[Pb]. The maximum absolute atomic E-state index is 8.12. The molecule has 0 rings (SSSR count). The van der Waals surface area contributed by atoms with E-state index in [0.717, 1.165) is 0 Å². The van der Waals surface area contributed by atoms with Crippen molar-refractivity contribution >= 4 is 33.5 Å². The summed E-state index contributed by atoms with van der Waals surface area (Å²) in [6, 6.07) is 0. The molecule has 0 spiro atoms. The molecular formula is CO2Pb. The van der Waals surface area contributed by atoms with E-state index in [1.807, 2.05) is 0 Å². The van der Waals surface area contributed by atoms with Gasteiger partial charge in [0.15, 0.2) is 0 Å². The van der Waals surface area contributed by atoms with Crippen LogP contribution >= 0.6 is 0 Å². The molecular weight excluding hydrogens is 251 g/mol. The fourth-order valence-electron chi connectivity index (χ4n) is 0. The van der Waals surface area contributed by atoms with Gasteiger partial charge in [0.1, 0.15) is 0 Å². The van der Waals surface area contributed by atoms with Crippen LogP contribution in [0, 0.1) is 0 Å². The van der Waals surface area contributed by atoms with Gasteiger partial charge in [-0.2, -0.15) is 9.59 Å². The molecule has 0 amide bonds. The summed E-state index contributed by atoms with van der Waals surface area (Å²) in [6.45, 7) is 0. The van der Waals surface area contributed by atoms with E-state index in [1.54, 1.807) is 0 Å². The minimum absolute atomic E-state index is 0. The average molecular weight is 251 g/mol. The molecule has 0 atom stereocenters. The van der Waals surface area contributed by atoms with Crippen LogP contribution in [0.3, 0.4) is 0 Å². The summed E-state index contributed by atoms with van der Waals surface area (Å²) in [5.41, 5.74) is 0. The van der Waals surface area contributed by atoms with Gasteiger partial charge in [-0.3, -0.25) is 0 Å². The van der Waals surface area contributed by atoms with Gasteiger partial charge in [-0.15, -0.1) is 0 Å². The van der Waals surface area contributed by atoms with E-state index >= 15 is 0 Å². The van der Waals surface area contributed by atoms with Crippen LogP contribution in [0.4, 0.5) is 0 Å². The summed E-state index contributed by atoms with van der Waals surface area (Å²) in [5, 5.41) is 0. The first-order chi connectivity index (χ1) is 1.41. The molecule has 0 N–H and O–H groups in total. The second kappa shape index (κ2) is 10.3. The van der Waals surface area contributed by atoms with Crippen molar-refractivity contribution in [2.75, 3.05) is 0 Å². The third-order valence-corrected chi connectivity index (χ3v) is 0. The molecule has 0 aliphatic carbocycles. The van der Waals surface area contributed by atoms with Crippen LogP contribution in [0.2, 0.25) is 0 Å². The topological polar surface area (TPSA) is 34.1 Å². The van der Waals surface area contributed by atoms with E-state index < -0.39 is 0 Å². The zero-order valence-electron chi connectivity index (χ0n) is 1.82. The minimum Gasteiger partial charge on any atom is -0.186 e. The van der Waals surface area contributed by atoms with Crippen LogP contribution < -0.4 is 0 Å². The molecule has 0 saturated heterocycles. The van der Waals surface area contributed by atoms with Crippen LogP contribution in [0.5, 0.6) is 0 Å². The second-order valence-electron chi connectivity index (χ2n) is 0.0833. The molecule has 2 nitrogen and oxygen atoms in total. The van der Waals surface area contributed by atoms with E-state index in [0.29, 0.717) is 0 Å². The maximum Gasteiger partial charge on any atom is 0.373 e. The predicted molar refractivity (Wildman–Crippen MR) is 10.8 cm³/mol. The maximum atomic E-state index is 8.12. The average Bonchev–Trinajstić information content (AvgIpc) is 0.918. The third kappa shape index (κ3) is 42.8. The van der Waals surface area contributed by atoms with Gasteiger partial charge >= 0.3 is 6.15 Å². The zero-order chi connectivity index (χ0) is 2.71. The Morgan fingerprint density at radius 1 is 1.25 bits per heavy atom. The Labute approximate surface area is 43.3 Å². The summed E-state index contributed by atoms with van der Waals surface area (Å²) < 4.78 is 0. The Bertz CT molecular complexity index is 27.0. The second-order valence-corrected chi connectivity index (χ2v) is 0.0833. The van der Waals surface area contributed by atoms with Crippen molar-refractivity contribution in [1.29, 1.82) is 0 Å². The monoisotopic (exact) mass is 252 g/mol. The third-order valence-electron chi connectivity index (χ3n) is 0. The van der Waals surface area contributed by atoms with Gasteiger partial charge in [0.05, 0.1) is 0 Å². The first-order valence-corrected chi connectivity index (χ1v) is 0.408. The van der Waals surface area contributed by atoms with Crippen molar-refractivity contribution in [3.63, 3.8) is 0 Å². The van der Waals surface area contributed by atoms with Crippen molar-refractivity contribution < 1.29 is 9.59 Å². The van der Waals surface area contributed by atoms with Crippen molar-refractivity contribution in [3.05, 3.63) is 0 Å². The van der Waals surface area contributed by atoms with Gasteiger partial charge in [0.25, 0.3) is 0 Å². The van der Waals surface area contributed by atoms with Crippen molar-refractivity contribution in [2.24, 2.45) is 0 Å².